The van der Waals surface area contributed by atoms with Crippen molar-refractivity contribution in [3.63, 3.8) is 0 Å². The quantitative estimate of drug-likeness (QED) is 0.798. The van der Waals surface area contributed by atoms with Crippen molar-refractivity contribution < 1.29 is 14.3 Å². The predicted molar refractivity (Wildman–Crippen MR) is 85.9 cm³/mol. The molecule has 1 aromatic rings. The van der Waals surface area contributed by atoms with Gasteiger partial charge >= 0.3 is 0 Å². The smallest absolute Gasteiger partial charge is 0.256 e. The molecule has 0 fully saturated rings. The van der Waals surface area contributed by atoms with Gasteiger partial charge < -0.3 is 14.8 Å². The fourth-order valence-corrected chi connectivity index (χ4v) is 2.08. The summed E-state index contributed by atoms with van der Waals surface area (Å²) in [6.07, 6.45) is 2.33. The average Bonchev–Trinajstić information content (AvgIpc) is 2.53. The summed E-state index contributed by atoms with van der Waals surface area (Å²) in [7, 11) is 1.53. The molecule has 1 aromatic carbocycles. The summed E-state index contributed by atoms with van der Waals surface area (Å²) < 4.78 is 10.8. The Hall–Kier alpha value is -2.06. The number of anilines is 1. The van der Waals surface area contributed by atoms with Gasteiger partial charge in [-0.25, -0.2) is 0 Å². The van der Waals surface area contributed by atoms with Gasteiger partial charge in [-0.3, -0.25) is 4.79 Å². The zero-order valence-electron chi connectivity index (χ0n) is 13.7. The molecule has 1 unspecified atom stereocenters. The van der Waals surface area contributed by atoms with E-state index in [0.29, 0.717) is 30.0 Å². The molecular weight excluding hydrogens is 280 g/mol. The summed E-state index contributed by atoms with van der Waals surface area (Å²) in [5.74, 6) is 0.313. The number of carbonyl (C=O) groups is 1. The second-order valence-corrected chi connectivity index (χ2v) is 5.31. The molecule has 0 saturated heterocycles. The lowest BCUT2D eigenvalue weighted by Crippen LogP contribution is -2.41. The fourth-order valence-electron chi connectivity index (χ4n) is 2.08. The first-order valence-corrected chi connectivity index (χ1v) is 7.54. The van der Waals surface area contributed by atoms with Gasteiger partial charge in [0.25, 0.3) is 5.91 Å². The highest BCUT2D eigenvalue weighted by atomic mass is 16.5. The highest BCUT2D eigenvalue weighted by Crippen LogP contribution is 2.24. The molecule has 5 heteroatoms. The van der Waals surface area contributed by atoms with Crippen LogP contribution in [0.15, 0.2) is 18.2 Å². The molecule has 1 rings (SSSR count). The molecule has 1 atom stereocenters. The number of amides is 1. The second-order valence-electron chi connectivity index (χ2n) is 5.31. The van der Waals surface area contributed by atoms with E-state index in [4.69, 9.17) is 9.47 Å². The van der Waals surface area contributed by atoms with Gasteiger partial charge in [0.15, 0.2) is 0 Å². The number of nitriles is 1. The van der Waals surface area contributed by atoms with Crippen molar-refractivity contribution in [3.8, 4) is 11.8 Å². The Kier molecular flexibility index (Phi) is 6.87. The van der Waals surface area contributed by atoms with E-state index < -0.39 is 5.60 Å². The SMILES string of the molecule is CCCOc1ccc(NC(=O)C(C)(CCC)OC)cc1C#N. The number of benzene rings is 1. The van der Waals surface area contributed by atoms with Gasteiger partial charge in [0.2, 0.25) is 0 Å². The third-order valence-electron chi connectivity index (χ3n) is 3.48. The van der Waals surface area contributed by atoms with Crippen LogP contribution in [0.4, 0.5) is 5.69 Å². The lowest BCUT2D eigenvalue weighted by Gasteiger charge is -2.26. The van der Waals surface area contributed by atoms with Gasteiger partial charge in [-0.1, -0.05) is 20.3 Å². The first kappa shape index (κ1) is 18.0. The van der Waals surface area contributed by atoms with Crippen molar-refractivity contribution in [2.24, 2.45) is 0 Å². The summed E-state index contributed by atoms with van der Waals surface area (Å²) in [6.45, 7) is 6.31. The number of carbonyl (C=O) groups excluding carboxylic acids is 1. The molecule has 0 aliphatic rings. The summed E-state index contributed by atoms with van der Waals surface area (Å²) in [6, 6.07) is 7.13. The van der Waals surface area contributed by atoms with E-state index in [2.05, 4.69) is 11.4 Å². The zero-order valence-corrected chi connectivity index (χ0v) is 13.7. The lowest BCUT2D eigenvalue weighted by atomic mass is 9.99. The molecule has 0 saturated carbocycles. The van der Waals surface area contributed by atoms with Crippen LogP contribution in [0.25, 0.3) is 0 Å². The van der Waals surface area contributed by atoms with Crippen LogP contribution < -0.4 is 10.1 Å². The number of rotatable bonds is 8. The minimum Gasteiger partial charge on any atom is -0.492 e. The van der Waals surface area contributed by atoms with Crippen LogP contribution >= 0.6 is 0 Å². The van der Waals surface area contributed by atoms with E-state index in [9.17, 15) is 10.1 Å². The van der Waals surface area contributed by atoms with E-state index >= 15 is 0 Å². The maximum Gasteiger partial charge on any atom is 0.256 e. The Labute approximate surface area is 132 Å². The van der Waals surface area contributed by atoms with Crippen LogP contribution in [0, 0.1) is 11.3 Å². The minimum atomic E-state index is -0.876. The van der Waals surface area contributed by atoms with E-state index in [0.717, 1.165) is 12.8 Å². The van der Waals surface area contributed by atoms with Crippen molar-refractivity contribution in [1.29, 1.82) is 5.26 Å². The van der Waals surface area contributed by atoms with Gasteiger partial charge in [-0.15, -0.1) is 0 Å². The molecule has 0 heterocycles. The van der Waals surface area contributed by atoms with E-state index in [-0.39, 0.29) is 5.91 Å². The second kappa shape index (κ2) is 8.40. The van der Waals surface area contributed by atoms with Crippen molar-refractivity contribution in [3.05, 3.63) is 23.8 Å². The van der Waals surface area contributed by atoms with Crippen LogP contribution in [-0.4, -0.2) is 25.2 Å². The molecule has 0 aromatic heterocycles. The molecular formula is C17H24N2O3. The third-order valence-corrected chi connectivity index (χ3v) is 3.48. The largest absolute Gasteiger partial charge is 0.492 e. The van der Waals surface area contributed by atoms with Crippen molar-refractivity contribution in [2.75, 3.05) is 19.0 Å². The number of nitrogens with zero attached hydrogens (tertiary/aromatic N) is 1. The van der Waals surface area contributed by atoms with Crippen molar-refractivity contribution in [2.45, 2.75) is 45.6 Å². The number of ether oxygens (including phenoxy) is 2. The number of nitrogens with one attached hydrogen (secondary N) is 1. The molecule has 0 aliphatic carbocycles. The average molecular weight is 304 g/mol. The van der Waals surface area contributed by atoms with Gasteiger partial charge in [-0.05, 0) is 38.0 Å². The van der Waals surface area contributed by atoms with Crippen LogP contribution in [0.1, 0.15) is 45.6 Å². The minimum absolute atomic E-state index is 0.219. The lowest BCUT2D eigenvalue weighted by molar-refractivity contribution is -0.136. The maximum absolute atomic E-state index is 12.4. The van der Waals surface area contributed by atoms with E-state index in [1.807, 2.05) is 13.8 Å². The molecule has 1 amide bonds. The maximum atomic E-state index is 12.4. The summed E-state index contributed by atoms with van der Waals surface area (Å²) in [5.41, 5.74) is 0.0875. The molecule has 0 bridgehead atoms. The van der Waals surface area contributed by atoms with Gasteiger partial charge in [-0.2, -0.15) is 5.26 Å². The zero-order chi connectivity index (χ0) is 16.6. The molecule has 0 aliphatic heterocycles. The van der Waals surface area contributed by atoms with Crippen molar-refractivity contribution in [1.82, 2.24) is 0 Å². The number of hydrogen-bond acceptors (Lipinski definition) is 4. The van der Waals surface area contributed by atoms with Crippen LogP contribution in [0.2, 0.25) is 0 Å². The molecule has 0 radical (unpaired) electrons. The highest BCUT2D eigenvalue weighted by Gasteiger charge is 2.32. The first-order valence-electron chi connectivity index (χ1n) is 7.54. The molecule has 1 N–H and O–H groups in total. The Balaban J connectivity index is 2.90. The number of hydrogen-bond donors (Lipinski definition) is 1. The highest BCUT2D eigenvalue weighted by molar-refractivity contribution is 5.97. The first-order chi connectivity index (χ1) is 10.5. The fraction of sp³-hybridized carbons (Fsp3) is 0.529. The Morgan fingerprint density at radius 1 is 1.36 bits per heavy atom. The van der Waals surface area contributed by atoms with Gasteiger partial charge in [0, 0.05) is 12.8 Å². The molecule has 5 nitrogen and oxygen atoms in total. The third kappa shape index (κ3) is 4.47. The molecule has 0 spiro atoms. The van der Waals surface area contributed by atoms with Crippen LogP contribution in [0.3, 0.4) is 0 Å². The number of methoxy groups -OCH3 is 1. The van der Waals surface area contributed by atoms with Crippen molar-refractivity contribution >= 4 is 11.6 Å². The van der Waals surface area contributed by atoms with E-state index in [1.165, 1.54) is 7.11 Å². The van der Waals surface area contributed by atoms with Crippen LogP contribution in [-0.2, 0) is 9.53 Å². The monoisotopic (exact) mass is 304 g/mol. The Bertz CT molecular complexity index is 551. The standard InChI is InChI=1S/C17H24N2O3/c1-5-9-17(3,21-4)16(20)19-14-7-8-15(22-10-6-2)13(11-14)12-18/h7-8,11H,5-6,9-10H2,1-4H3,(H,19,20). The molecule has 22 heavy (non-hydrogen) atoms. The Morgan fingerprint density at radius 3 is 2.64 bits per heavy atom. The normalized spacial score (nSPS) is 13.0. The van der Waals surface area contributed by atoms with Gasteiger partial charge in [0.05, 0.1) is 12.2 Å². The molecule has 120 valence electrons. The van der Waals surface area contributed by atoms with Crippen LogP contribution in [0.5, 0.6) is 5.75 Å². The summed E-state index contributed by atoms with van der Waals surface area (Å²) in [5, 5.41) is 12.0. The Morgan fingerprint density at radius 2 is 2.09 bits per heavy atom. The predicted octanol–water partition coefficient (Wildman–Crippen LogP) is 3.49. The summed E-state index contributed by atoms with van der Waals surface area (Å²) in [4.78, 5) is 12.4. The van der Waals surface area contributed by atoms with Gasteiger partial charge in [0.1, 0.15) is 17.4 Å². The topological polar surface area (TPSA) is 71.3 Å². The van der Waals surface area contributed by atoms with E-state index in [1.54, 1.807) is 25.1 Å². The summed E-state index contributed by atoms with van der Waals surface area (Å²) >= 11 is 0.